The number of nitrogens with zero attached hydrogens (tertiary/aromatic N) is 1. The predicted octanol–water partition coefficient (Wildman–Crippen LogP) is 1.46. The lowest BCUT2D eigenvalue weighted by molar-refractivity contribution is -0.126. The Morgan fingerprint density at radius 3 is 3.13 bits per heavy atom. The van der Waals surface area contributed by atoms with E-state index in [0.717, 1.165) is 36.9 Å². The molecular weight excluding hydrogens is 188 g/mol. The van der Waals surface area contributed by atoms with Gasteiger partial charge in [0.05, 0.1) is 0 Å². The van der Waals surface area contributed by atoms with Gasteiger partial charge in [-0.2, -0.15) is 0 Å². The van der Waals surface area contributed by atoms with Gasteiger partial charge in [0.2, 0.25) is 5.91 Å². The van der Waals surface area contributed by atoms with Crippen molar-refractivity contribution in [3.63, 3.8) is 0 Å². The summed E-state index contributed by atoms with van der Waals surface area (Å²) < 4.78 is 0. The minimum absolute atomic E-state index is 0.141. The Bertz CT molecular complexity index is 362. The molecule has 0 spiro atoms. The van der Waals surface area contributed by atoms with Crippen LogP contribution < -0.4 is 5.32 Å². The third-order valence-corrected chi connectivity index (χ3v) is 2.81. The highest BCUT2D eigenvalue weighted by Gasteiger charge is 2.21. The van der Waals surface area contributed by atoms with Crippen molar-refractivity contribution in [2.24, 2.45) is 5.92 Å². The zero-order valence-electron chi connectivity index (χ0n) is 8.99. The van der Waals surface area contributed by atoms with Crippen LogP contribution in [0.4, 0.5) is 0 Å². The summed E-state index contributed by atoms with van der Waals surface area (Å²) in [5, 5.41) is 2.91. The van der Waals surface area contributed by atoms with Crippen LogP contribution in [0.2, 0.25) is 0 Å². The van der Waals surface area contributed by atoms with Gasteiger partial charge in [-0.25, -0.2) is 0 Å². The van der Waals surface area contributed by atoms with E-state index < -0.39 is 0 Å². The first-order valence-electron chi connectivity index (χ1n) is 5.44. The average molecular weight is 204 g/mol. The lowest BCUT2D eigenvalue weighted by Gasteiger charge is -2.21. The number of aryl methyl sites for hydroxylation is 1. The van der Waals surface area contributed by atoms with E-state index in [1.807, 2.05) is 19.3 Å². The average Bonchev–Trinajstić information content (AvgIpc) is 2.22. The molecule has 1 atom stereocenters. The molecule has 1 N–H and O–H groups in total. The summed E-state index contributed by atoms with van der Waals surface area (Å²) in [6.07, 6.45) is 6.61. The van der Waals surface area contributed by atoms with E-state index in [4.69, 9.17) is 0 Å². The van der Waals surface area contributed by atoms with Gasteiger partial charge in [-0.05, 0) is 37.3 Å². The Morgan fingerprint density at radius 1 is 1.53 bits per heavy atom. The second-order valence-electron chi connectivity index (χ2n) is 4.20. The molecule has 1 amide bonds. The van der Waals surface area contributed by atoms with Crippen molar-refractivity contribution >= 4 is 5.91 Å². The topological polar surface area (TPSA) is 42.0 Å². The molecule has 0 bridgehead atoms. The van der Waals surface area contributed by atoms with Crippen molar-refractivity contribution in [1.29, 1.82) is 0 Å². The summed E-state index contributed by atoms with van der Waals surface area (Å²) >= 11 is 0. The van der Waals surface area contributed by atoms with Crippen LogP contribution in [-0.4, -0.2) is 17.4 Å². The van der Waals surface area contributed by atoms with E-state index in [0.29, 0.717) is 0 Å². The molecule has 0 radical (unpaired) electrons. The summed E-state index contributed by atoms with van der Waals surface area (Å²) in [5.74, 6) is 0.338. The maximum Gasteiger partial charge on any atom is 0.223 e. The molecule has 2 rings (SSSR count). The smallest absolute Gasteiger partial charge is 0.223 e. The van der Waals surface area contributed by atoms with Crippen molar-refractivity contribution in [1.82, 2.24) is 10.3 Å². The Balaban J connectivity index is 2.04. The minimum Gasteiger partial charge on any atom is -0.356 e. The normalized spacial score (nSPS) is 21.1. The molecule has 1 unspecified atom stereocenters. The summed E-state index contributed by atoms with van der Waals surface area (Å²) in [6, 6.07) is 2.11. The van der Waals surface area contributed by atoms with Crippen molar-refractivity contribution < 1.29 is 4.79 Å². The molecule has 3 heteroatoms. The van der Waals surface area contributed by atoms with E-state index in [2.05, 4.69) is 16.4 Å². The highest BCUT2D eigenvalue weighted by atomic mass is 16.1. The molecule has 80 valence electrons. The summed E-state index contributed by atoms with van der Waals surface area (Å²) in [4.78, 5) is 15.7. The summed E-state index contributed by atoms with van der Waals surface area (Å²) in [6.45, 7) is 2.86. The van der Waals surface area contributed by atoms with Gasteiger partial charge >= 0.3 is 0 Å². The molecule has 3 nitrogen and oxygen atoms in total. The number of nitrogens with one attached hydrogen (secondary N) is 1. The number of carbonyl (C=O) groups excluding carboxylic acids is 1. The standard InChI is InChI=1S/C12H16N2O/c1-9-5-10(8-13-7-9)6-11-3-2-4-14-12(11)15/h5,7-8,11H,2-4,6H2,1H3,(H,14,15). The lowest BCUT2D eigenvalue weighted by atomic mass is 9.92. The van der Waals surface area contributed by atoms with Crippen molar-refractivity contribution in [2.45, 2.75) is 26.2 Å². The Labute approximate surface area is 89.9 Å². The number of hydrogen-bond acceptors (Lipinski definition) is 2. The van der Waals surface area contributed by atoms with Gasteiger partial charge < -0.3 is 5.32 Å². The molecule has 1 aromatic heterocycles. The van der Waals surface area contributed by atoms with Crippen LogP contribution in [-0.2, 0) is 11.2 Å². The van der Waals surface area contributed by atoms with Crippen LogP contribution in [0.1, 0.15) is 24.0 Å². The number of aromatic nitrogens is 1. The first-order chi connectivity index (χ1) is 7.25. The molecule has 0 saturated carbocycles. The van der Waals surface area contributed by atoms with E-state index in [1.165, 1.54) is 0 Å². The largest absolute Gasteiger partial charge is 0.356 e. The van der Waals surface area contributed by atoms with Gasteiger partial charge in [0.25, 0.3) is 0 Å². The molecule has 0 aliphatic carbocycles. The van der Waals surface area contributed by atoms with Crippen LogP contribution in [0.25, 0.3) is 0 Å². The van der Waals surface area contributed by atoms with Gasteiger partial charge in [-0.15, -0.1) is 0 Å². The first-order valence-corrected chi connectivity index (χ1v) is 5.44. The van der Waals surface area contributed by atoms with Crippen LogP contribution in [0.3, 0.4) is 0 Å². The number of amides is 1. The molecule has 2 heterocycles. The Hall–Kier alpha value is -1.38. The predicted molar refractivity (Wildman–Crippen MR) is 58.4 cm³/mol. The molecular formula is C12H16N2O. The quantitative estimate of drug-likeness (QED) is 0.792. The second-order valence-corrected chi connectivity index (χ2v) is 4.20. The van der Waals surface area contributed by atoms with E-state index in [1.54, 1.807) is 0 Å². The Kier molecular flexibility index (Phi) is 2.99. The number of carbonyl (C=O) groups is 1. The molecule has 0 aromatic carbocycles. The number of piperidine rings is 1. The van der Waals surface area contributed by atoms with E-state index >= 15 is 0 Å². The zero-order chi connectivity index (χ0) is 10.7. The Morgan fingerprint density at radius 2 is 2.40 bits per heavy atom. The van der Waals surface area contributed by atoms with Crippen molar-refractivity contribution in [2.75, 3.05) is 6.54 Å². The molecule has 1 aromatic rings. The van der Waals surface area contributed by atoms with Crippen LogP contribution in [0.5, 0.6) is 0 Å². The molecule has 1 aliphatic heterocycles. The maximum absolute atomic E-state index is 11.6. The lowest BCUT2D eigenvalue weighted by Crippen LogP contribution is -2.37. The summed E-state index contributed by atoms with van der Waals surface area (Å²) in [5.41, 5.74) is 2.32. The summed E-state index contributed by atoms with van der Waals surface area (Å²) in [7, 11) is 0. The second kappa shape index (κ2) is 4.43. The fourth-order valence-corrected chi connectivity index (χ4v) is 2.04. The number of hydrogen-bond donors (Lipinski definition) is 1. The van der Waals surface area contributed by atoms with Crippen LogP contribution in [0.15, 0.2) is 18.5 Å². The maximum atomic E-state index is 11.6. The van der Waals surface area contributed by atoms with Crippen LogP contribution in [0, 0.1) is 12.8 Å². The third kappa shape index (κ3) is 2.55. The van der Waals surface area contributed by atoms with Gasteiger partial charge in [0.15, 0.2) is 0 Å². The molecule has 1 aliphatic rings. The highest BCUT2D eigenvalue weighted by Crippen LogP contribution is 2.17. The highest BCUT2D eigenvalue weighted by molar-refractivity contribution is 5.79. The molecule has 15 heavy (non-hydrogen) atoms. The number of rotatable bonds is 2. The fraction of sp³-hybridized carbons (Fsp3) is 0.500. The van der Waals surface area contributed by atoms with E-state index in [9.17, 15) is 4.79 Å². The SMILES string of the molecule is Cc1cncc(CC2CCCNC2=O)c1. The number of pyridine rings is 1. The van der Waals surface area contributed by atoms with Crippen LogP contribution >= 0.6 is 0 Å². The van der Waals surface area contributed by atoms with Gasteiger partial charge in [-0.3, -0.25) is 9.78 Å². The third-order valence-electron chi connectivity index (χ3n) is 2.81. The van der Waals surface area contributed by atoms with Gasteiger partial charge in [-0.1, -0.05) is 6.07 Å². The fourth-order valence-electron chi connectivity index (χ4n) is 2.04. The van der Waals surface area contributed by atoms with Gasteiger partial charge in [0, 0.05) is 24.9 Å². The monoisotopic (exact) mass is 204 g/mol. The first kappa shape index (κ1) is 10.1. The minimum atomic E-state index is 0.141. The molecule has 1 fully saturated rings. The van der Waals surface area contributed by atoms with Gasteiger partial charge in [0.1, 0.15) is 0 Å². The van der Waals surface area contributed by atoms with Crippen molar-refractivity contribution in [3.8, 4) is 0 Å². The van der Waals surface area contributed by atoms with E-state index in [-0.39, 0.29) is 11.8 Å². The molecule has 1 saturated heterocycles. The van der Waals surface area contributed by atoms with Crippen molar-refractivity contribution in [3.05, 3.63) is 29.6 Å². The zero-order valence-corrected chi connectivity index (χ0v) is 8.99.